The fourth-order valence-corrected chi connectivity index (χ4v) is 3.05. The van der Waals surface area contributed by atoms with E-state index in [1.54, 1.807) is 13.0 Å². The molecule has 1 aliphatic heterocycles. The summed E-state index contributed by atoms with van der Waals surface area (Å²) < 4.78 is 27.4. The largest absolute Gasteiger partial charge is 0.503 e. The minimum Gasteiger partial charge on any atom is -0.503 e. The second-order valence-electron chi connectivity index (χ2n) is 8.34. The van der Waals surface area contributed by atoms with Crippen molar-refractivity contribution in [2.75, 3.05) is 20.8 Å². The number of benzene rings is 1. The van der Waals surface area contributed by atoms with Crippen molar-refractivity contribution in [2.45, 2.75) is 46.3 Å². The molecule has 0 spiro atoms. The van der Waals surface area contributed by atoms with Gasteiger partial charge in [-0.15, -0.1) is 0 Å². The summed E-state index contributed by atoms with van der Waals surface area (Å²) in [7, 11) is 2.79. The molecule has 33 heavy (non-hydrogen) atoms. The van der Waals surface area contributed by atoms with Crippen molar-refractivity contribution in [3.05, 3.63) is 65.0 Å². The number of hydrogen-bond acceptors (Lipinski definition) is 7. The molecule has 1 aromatic rings. The first-order valence-corrected chi connectivity index (χ1v) is 10.6. The van der Waals surface area contributed by atoms with E-state index in [0.717, 1.165) is 11.1 Å². The van der Waals surface area contributed by atoms with Crippen molar-refractivity contribution in [3.8, 4) is 11.5 Å². The number of ether oxygens (including phenoxy) is 5. The number of carbonyl (C=O) groups is 2. The molecule has 7 heteroatoms. The summed E-state index contributed by atoms with van der Waals surface area (Å²) in [4.78, 5) is 24.0. The van der Waals surface area contributed by atoms with Crippen LogP contribution in [-0.2, 0) is 23.8 Å². The molecule has 0 saturated heterocycles. The highest BCUT2D eigenvalue weighted by atomic mass is 16.6. The van der Waals surface area contributed by atoms with Gasteiger partial charge in [-0.1, -0.05) is 29.9 Å². The van der Waals surface area contributed by atoms with E-state index in [2.05, 4.69) is 0 Å². The minimum atomic E-state index is -0.796. The van der Waals surface area contributed by atoms with Crippen molar-refractivity contribution in [2.24, 2.45) is 0 Å². The average molecular weight is 457 g/mol. The van der Waals surface area contributed by atoms with Gasteiger partial charge in [0.05, 0.1) is 26.1 Å². The van der Waals surface area contributed by atoms with E-state index in [-0.39, 0.29) is 6.61 Å². The summed E-state index contributed by atoms with van der Waals surface area (Å²) in [5, 5.41) is 0. The number of allylic oxidation sites excluding steroid dienone is 3. The lowest BCUT2D eigenvalue weighted by Crippen LogP contribution is -2.46. The van der Waals surface area contributed by atoms with Crippen LogP contribution >= 0.6 is 0 Å². The molecule has 0 bridgehead atoms. The molecule has 178 valence electrons. The van der Waals surface area contributed by atoms with E-state index in [0.29, 0.717) is 22.6 Å². The number of rotatable bonds is 7. The average Bonchev–Trinajstić information content (AvgIpc) is 2.86. The van der Waals surface area contributed by atoms with Crippen LogP contribution in [0.15, 0.2) is 59.4 Å². The van der Waals surface area contributed by atoms with Gasteiger partial charge >= 0.3 is 11.9 Å². The van der Waals surface area contributed by atoms with E-state index in [1.165, 1.54) is 26.6 Å². The van der Waals surface area contributed by atoms with Crippen LogP contribution in [-0.4, -0.2) is 44.5 Å². The third-order valence-corrected chi connectivity index (χ3v) is 4.87. The summed E-state index contributed by atoms with van der Waals surface area (Å²) in [6.45, 7) is 9.35. The molecule has 1 heterocycles. The summed E-state index contributed by atoms with van der Waals surface area (Å²) in [6, 6.07) is 5.55. The second-order valence-corrected chi connectivity index (χ2v) is 8.34. The van der Waals surface area contributed by atoms with Gasteiger partial charge in [0.25, 0.3) is 0 Å². The number of esters is 2. The van der Waals surface area contributed by atoms with Crippen LogP contribution in [0, 0.1) is 0 Å². The summed E-state index contributed by atoms with van der Waals surface area (Å²) in [5.74, 6) is 0.226. The van der Waals surface area contributed by atoms with E-state index in [4.69, 9.17) is 23.7 Å². The van der Waals surface area contributed by atoms with E-state index in [1.807, 2.05) is 58.0 Å². The fourth-order valence-electron chi connectivity index (χ4n) is 3.05. The lowest BCUT2D eigenvalue weighted by molar-refractivity contribution is -0.155. The summed E-state index contributed by atoms with van der Waals surface area (Å²) >= 11 is 0. The van der Waals surface area contributed by atoms with Gasteiger partial charge in [-0.3, -0.25) is 0 Å². The third kappa shape index (κ3) is 7.27. The Morgan fingerprint density at radius 3 is 2.48 bits per heavy atom. The maximum atomic E-state index is 12.1. The predicted octanol–water partition coefficient (Wildman–Crippen LogP) is 4.78. The van der Waals surface area contributed by atoms with Crippen LogP contribution in [0.5, 0.6) is 11.5 Å². The maximum Gasteiger partial charge on any atom is 0.341 e. The van der Waals surface area contributed by atoms with E-state index < -0.39 is 23.6 Å². The molecule has 0 fully saturated rings. The quantitative estimate of drug-likeness (QED) is 0.253. The normalized spacial score (nSPS) is 17.7. The molecule has 0 radical (unpaired) electrons. The molecule has 1 aromatic carbocycles. The number of carbonyl (C=O) groups excluding carboxylic acids is 2. The van der Waals surface area contributed by atoms with Gasteiger partial charge in [0, 0.05) is 6.08 Å². The molecule has 7 nitrogen and oxygen atoms in total. The highest BCUT2D eigenvalue weighted by Gasteiger charge is 2.38. The lowest BCUT2D eigenvalue weighted by Gasteiger charge is -2.31. The van der Waals surface area contributed by atoms with Crippen LogP contribution < -0.4 is 9.47 Å². The molecular formula is C26H32O7. The van der Waals surface area contributed by atoms with Crippen molar-refractivity contribution >= 4 is 18.0 Å². The Bertz CT molecular complexity index is 992. The van der Waals surface area contributed by atoms with Crippen LogP contribution in [0.2, 0.25) is 0 Å². The van der Waals surface area contributed by atoms with Gasteiger partial charge in [-0.05, 0) is 57.9 Å². The molecule has 1 aliphatic rings. The second kappa shape index (κ2) is 11.4. The number of methoxy groups -OCH3 is 2. The van der Waals surface area contributed by atoms with Gasteiger partial charge in [-0.25, -0.2) is 9.59 Å². The minimum absolute atomic E-state index is 0.182. The Morgan fingerprint density at radius 1 is 1.12 bits per heavy atom. The SMILES string of the molecule is CO\C=C(C(=O)OC)/C(C)=C\C=C\c1ccc2c(c1)OC(C)(C)[C@@H](OC(=O)C=C(C)C)CO2. The first-order valence-electron chi connectivity index (χ1n) is 10.6. The monoisotopic (exact) mass is 456 g/mol. The maximum absolute atomic E-state index is 12.1. The summed E-state index contributed by atoms with van der Waals surface area (Å²) in [5.41, 5.74) is 1.95. The molecule has 0 N–H and O–H groups in total. The van der Waals surface area contributed by atoms with Crippen LogP contribution in [0.4, 0.5) is 0 Å². The van der Waals surface area contributed by atoms with Crippen LogP contribution in [0.3, 0.4) is 0 Å². The molecule has 0 aliphatic carbocycles. The zero-order chi connectivity index (χ0) is 24.6. The summed E-state index contributed by atoms with van der Waals surface area (Å²) in [6.07, 6.45) is 7.69. The molecule has 0 amide bonds. The molecule has 0 aromatic heterocycles. The molecule has 0 saturated carbocycles. The number of hydrogen-bond donors (Lipinski definition) is 0. The topological polar surface area (TPSA) is 80.3 Å². The Morgan fingerprint density at radius 2 is 1.85 bits per heavy atom. The van der Waals surface area contributed by atoms with Gasteiger partial charge in [-0.2, -0.15) is 0 Å². The Kier molecular flexibility index (Phi) is 8.91. The van der Waals surface area contributed by atoms with E-state index >= 15 is 0 Å². The third-order valence-electron chi connectivity index (χ3n) is 4.87. The van der Waals surface area contributed by atoms with Crippen molar-refractivity contribution in [1.82, 2.24) is 0 Å². The molecule has 0 unspecified atom stereocenters. The fraction of sp³-hybridized carbons (Fsp3) is 0.385. The molecule has 1 atom stereocenters. The van der Waals surface area contributed by atoms with Crippen molar-refractivity contribution in [3.63, 3.8) is 0 Å². The van der Waals surface area contributed by atoms with Crippen LogP contribution in [0.25, 0.3) is 6.08 Å². The highest BCUT2D eigenvalue weighted by Crippen LogP contribution is 2.36. The zero-order valence-electron chi connectivity index (χ0n) is 20.3. The Hall–Kier alpha value is -3.48. The Balaban J connectivity index is 2.20. The Labute approximate surface area is 195 Å². The highest BCUT2D eigenvalue weighted by molar-refractivity contribution is 5.93. The van der Waals surface area contributed by atoms with Gasteiger partial charge in [0.2, 0.25) is 0 Å². The van der Waals surface area contributed by atoms with Crippen molar-refractivity contribution in [1.29, 1.82) is 0 Å². The molecule has 2 rings (SSSR count). The van der Waals surface area contributed by atoms with E-state index in [9.17, 15) is 9.59 Å². The van der Waals surface area contributed by atoms with Crippen molar-refractivity contribution < 1.29 is 33.3 Å². The van der Waals surface area contributed by atoms with Gasteiger partial charge < -0.3 is 23.7 Å². The first-order chi connectivity index (χ1) is 15.6. The standard InChI is InChI=1S/C26H32O7/c1-17(2)13-24(27)32-23-16-31-21-12-11-19(14-22(21)33-26(23,4)5)10-8-9-18(3)20(15-29-6)25(28)30-7/h8-15,23H,16H2,1-7H3/b10-8+,18-9-,20-15+/t23-/m0/s1. The lowest BCUT2D eigenvalue weighted by atomic mass is 10.0. The first kappa shape index (κ1) is 25.8. The van der Waals surface area contributed by atoms with Crippen LogP contribution in [0.1, 0.15) is 40.2 Å². The predicted molar refractivity (Wildman–Crippen MR) is 126 cm³/mol. The zero-order valence-corrected chi connectivity index (χ0v) is 20.3. The smallest absolute Gasteiger partial charge is 0.341 e. The van der Waals surface area contributed by atoms with Gasteiger partial charge in [0.15, 0.2) is 17.6 Å². The van der Waals surface area contributed by atoms with Gasteiger partial charge in [0.1, 0.15) is 12.2 Å². The number of fused-ring (bicyclic) bond motifs is 1. The molecular weight excluding hydrogens is 424 g/mol.